The number of rotatable bonds is 9. The fraction of sp³-hybridized carbons (Fsp3) is 0.364. The Kier molecular flexibility index (Phi) is 6.47. The molecular formula is C22H27N3O2. The van der Waals surface area contributed by atoms with Crippen LogP contribution >= 0.6 is 0 Å². The fourth-order valence-electron chi connectivity index (χ4n) is 3.15. The van der Waals surface area contributed by atoms with Crippen LogP contribution in [0.2, 0.25) is 0 Å². The van der Waals surface area contributed by atoms with E-state index in [1.165, 1.54) is 12.5 Å². The molecule has 0 fully saturated rings. The minimum Gasteiger partial charge on any atom is -0.494 e. The van der Waals surface area contributed by atoms with Crippen molar-refractivity contribution < 1.29 is 9.53 Å². The van der Waals surface area contributed by atoms with Gasteiger partial charge in [0, 0.05) is 26.4 Å². The third-order valence-corrected chi connectivity index (χ3v) is 4.58. The lowest BCUT2D eigenvalue weighted by molar-refractivity contribution is -0.118. The number of hydrogen-bond donors (Lipinski definition) is 1. The van der Waals surface area contributed by atoms with E-state index in [0.29, 0.717) is 19.6 Å². The highest BCUT2D eigenvalue weighted by molar-refractivity contribution is 5.76. The second-order valence-corrected chi connectivity index (χ2v) is 6.60. The summed E-state index contributed by atoms with van der Waals surface area (Å²) in [6.45, 7) is 5.77. The molecule has 5 nitrogen and oxygen atoms in total. The molecule has 0 saturated heterocycles. The molecular weight excluding hydrogens is 338 g/mol. The van der Waals surface area contributed by atoms with Gasteiger partial charge in [0.2, 0.25) is 5.91 Å². The Bertz CT molecular complexity index is 884. The molecule has 0 bridgehead atoms. The Hall–Kier alpha value is -2.82. The third kappa shape index (κ3) is 5.09. The van der Waals surface area contributed by atoms with E-state index in [1.54, 1.807) is 0 Å². The molecule has 0 radical (unpaired) electrons. The molecule has 27 heavy (non-hydrogen) atoms. The number of benzene rings is 2. The Labute approximate surface area is 160 Å². The normalized spacial score (nSPS) is 10.9. The quantitative estimate of drug-likeness (QED) is 0.588. The molecule has 0 unspecified atom stereocenters. The molecule has 1 N–H and O–H groups in total. The van der Waals surface area contributed by atoms with Crippen LogP contribution < -0.4 is 10.1 Å². The van der Waals surface area contributed by atoms with Crippen molar-refractivity contribution >= 4 is 16.9 Å². The van der Waals surface area contributed by atoms with Gasteiger partial charge in [-0.15, -0.1) is 0 Å². The van der Waals surface area contributed by atoms with Crippen molar-refractivity contribution in [2.75, 3.05) is 13.2 Å². The van der Waals surface area contributed by atoms with E-state index in [0.717, 1.165) is 42.0 Å². The number of nitrogens with one attached hydrogen (secondary N) is 1. The topological polar surface area (TPSA) is 56.1 Å². The molecule has 0 aliphatic heterocycles. The van der Waals surface area contributed by atoms with Crippen molar-refractivity contribution in [1.82, 2.24) is 14.9 Å². The summed E-state index contributed by atoms with van der Waals surface area (Å²) >= 11 is 0. The SMILES string of the molecule is CCc1ccc(OCCCn2c(CCNC(C)=O)nc3ccccc32)cc1. The summed E-state index contributed by atoms with van der Waals surface area (Å²) in [5, 5.41) is 2.85. The Morgan fingerprint density at radius 2 is 1.93 bits per heavy atom. The molecule has 0 aliphatic carbocycles. The number of carbonyl (C=O) groups is 1. The molecule has 0 atom stereocenters. The second-order valence-electron chi connectivity index (χ2n) is 6.60. The van der Waals surface area contributed by atoms with Gasteiger partial charge >= 0.3 is 0 Å². The van der Waals surface area contributed by atoms with Crippen LogP contribution in [0.5, 0.6) is 5.75 Å². The van der Waals surface area contributed by atoms with Crippen molar-refractivity contribution in [3.63, 3.8) is 0 Å². The summed E-state index contributed by atoms with van der Waals surface area (Å²) in [4.78, 5) is 15.9. The number of aryl methyl sites for hydroxylation is 2. The number of carbonyl (C=O) groups excluding carboxylic acids is 1. The molecule has 142 valence electrons. The van der Waals surface area contributed by atoms with Crippen LogP contribution in [0, 0.1) is 0 Å². The Morgan fingerprint density at radius 3 is 2.67 bits per heavy atom. The van der Waals surface area contributed by atoms with Gasteiger partial charge in [-0.25, -0.2) is 4.98 Å². The van der Waals surface area contributed by atoms with Crippen LogP contribution in [-0.2, 0) is 24.2 Å². The monoisotopic (exact) mass is 365 g/mol. The van der Waals surface area contributed by atoms with Crippen molar-refractivity contribution in [2.45, 2.75) is 39.7 Å². The van der Waals surface area contributed by atoms with Gasteiger partial charge in [0.05, 0.1) is 17.6 Å². The highest BCUT2D eigenvalue weighted by Gasteiger charge is 2.10. The number of hydrogen-bond acceptors (Lipinski definition) is 3. The average molecular weight is 365 g/mol. The van der Waals surface area contributed by atoms with Gasteiger partial charge in [-0.05, 0) is 42.7 Å². The molecule has 0 aliphatic rings. The fourth-order valence-corrected chi connectivity index (χ4v) is 3.15. The van der Waals surface area contributed by atoms with Gasteiger partial charge in [0.1, 0.15) is 11.6 Å². The maximum Gasteiger partial charge on any atom is 0.216 e. The first kappa shape index (κ1) is 19.0. The number of fused-ring (bicyclic) bond motifs is 1. The summed E-state index contributed by atoms with van der Waals surface area (Å²) in [7, 11) is 0. The van der Waals surface area contributed by atoms with E-state index in [4.69, 9.17) is 9.72 Å². The first-order valence-electron chi connectivity index (χ1n) is 9.57. The zero-order valence-electron chi connectivity index (χ0n) is 16.1. The molecule has 1 aromatic heterocycles. The predicted octanol–water partition coefficient (Wildman–Crippen LogP) is 3.75. The molecule has 2 aromatic carbocycles. The van der Waals surface area contributed by atoms with Gasteiger partial charge in [0.15, 0.2) is 0 Å². The van der Waals surface area contributed by atoms with Gasteiger partial charge in [0.25, 0.3) is 0 Å². The first-order valence-corrected chi connectivity index (χ1v) is 9.57. The lowest BCUT2D eigenvalue weighted by atomic mass is 10.2. The van der Waals surface area contributed by atoms with E-state index in [1.807, 2.05) is 30.3 Å². The van der Waals surface area contributed by atoms with E-state index < -0.39 is 0 Å². The maximum atomic E-state index is 11.1. The van der Waals surface area contributed by atoms with Crippen LogP contribution in [0.15, 0.2) is 48.5 Å². The van der Waals surface area contributed by atoms with Gasteiger partial charge in [-0.2, -0.15) is 0 Å². The zero-order valence-corrected chi connectivity index (χ0v) is 16.1. The van der Waals surface area contributed by atoms with Crippen LogP contribution in [0.25, 0.3) is 11.0 Å². The highest BCUT2D eigenvalue weighted by atomic mass is 16.5. The van der Waals surface area contributed by atoms with Crippen LogP contribution in [0.3, 0.4) is 0 Å². The summed E-state index contributed by atoms with van der Waals surface area (Å²) in [6.07, 6.45) is 2.64. The standard InChI is InChI=1S/C22H27N3O2/c1-3-18-9-11-19(12-10-18)27-16-6-15-25-21-8-5-4-7-20(21)24-22(25)13-14-23-17(2)26/h4-5,7-12H,3,6,13-16H2,1-2H3,(H,23,26). The predicted molar refractivity (Wildman–Crippen MR) is 108 cm³/mol. The number of imidazole rings is 1. The summed E-state index contributed by atoms with van der Waals surface area (Å²) in [5.41, 5.74) is 3.44. The summed E-state index contributed by atoms with van der Waals surface area (Å²) < 4.78 is 8.11. The summed E-state index contributed by atoms with van der Waals surface area (Å²) in [6, 6.07) is 16.4. The minimum atomic E-state index is -0.0137. The lowest BCUT2D eigenvalue weighted by Crippen LogP contribution is -2.23. The van der Waals surface area contributed by atoms with E-state index in [9.17, 15) is 4.79 Å². The molecule has 0 spiro atoms. The highest BCUT2D eigenvalue weighted by Crippen LogP contribution is 2.18. The Morgan fingerprint density at radius 1 is 1.15 bits per heavy atom. The second kappa shape index (κ2) is 9.21. The van der Waals surface area contributed by atoms with Crippen molar-refractivity contribution in [3.8, 4) is 5.75 Å². The molecule has 5 heteroatoms. The molecule has 3 aromatic rings. The van der Waals surface area contributed by atoms with Crippen LogP contribution in [-0.4, -0.2) is 28.6 Å². The zero-order chi connectivity index (χ0) is 19.1. The molecule has 0 saturated carbocycles. The Balaban J connectivity index is 1.61. The van der Waals surface area contributed by atoms with Crippen molar-refractivity contribution in [3.05, 3.63) is 59.9 Å². The lowest BCUT2D eigenvalue weighted by Gasteiger charge is -2.11. The molecule has 3 rings (SSSR count). The maximum absolute atomic E-state index is 11.1. The smallest absolute Gasteiger partial charge is 0.216 e. The number of nitrogens with zero attached hydrogens (tertiary/aromatic N) is 2. The van der Waals surface area contributed by atoms with Gasteiger partial charge < -0.3 is 14.6 Å². The number of aromatic nitrogens is 2. The first-order chi connectivity index (χ1) is 13.2. The van der Waals surface area contributed by atoms with Crippen molar-refractivity contribution in [1.29, 1.82) is 0 Å². The van der Waals surface area contributed by atoms with E-state index in [-0.39, 0.29) is 5.91 Å². The van der Waals surface area contributed by atoms with E-state index in [2.05, 4.69) is 35.0 Å². The van der Waals surface area contributed by atoms with E-state index >= 15 is 0 Å². The number of para-hydroxylation sites is 2. The van der Waals surface area contributed by atoms with Gasteiger partial charge in [-0.3, -0.25) is 4.79 Å². The molecule has 1 amide bonds. The average Bonchev–Trinajstić information content (AvgIpc) is 3.03. The number of ether oxygens (including phenoxy) is 1. The largest absolute Gasteiger partial charge is 0.494 e. The van der Waals surface area contributed by atoms with Crippen LogP contribution in [0.1, 0.15) is 31.7 Å². The molecule has 1 heterocycles. The minimum absolute atomic E-state index is 0.0137. The number of amides is 1. The van der Waals surface area contributed by atoms with Gasteiger partial charge in [-0.1, -0.05) is 31.2 Å². The third-order valence-electron chi connectivity index (χ3n) is 4.58. The van der Waals surface area contributed by atoms with Crippen molar-refractivity contribution in [2.24, 2.45) is 0 Å². The van der Waals surface area contributed by atoms with Crippen LogP contribution in [0.4, 0.5) is 0 Å². The summed E-state index contributed by atoms with van der Waals surface area (Å²) in [5.74, 6) is 1.89.